The minimum atomic E-state index is 0.0302. The van der Waals surface area contributed by atoms with Crippen molar-refractivity contribution in [3.05, 3.63) is 36.0 Å². The van der Waals surface area contributed by atoms with Crippen molar-refractivity contribution in [1.29, 1.82) is 0 Å². The zero-order valence-corrected chi connectivity index (χ0v) is 12.1. The van der Waals surface area contributed by atoms with Crippen LogP contribution in [0, 0.1) is 0 Å². The normalized spacial score (nSPS) is 27.6. The van der Waals surface area contributed by atoms with E-state index in [-0.39, 0.29) is 12.1 Å². The van der Waals surface area contributed by atoms with Crippen LogP contribution in [0.3, 0.4) is 0 Å². The zero-order chi connectivity index (χ0) is 14.1. The van der Waals surface area contributed by atoms with Crippen molar-refractivity contribution < 1.29 is 0 Å². The molecular weight excluding hydrogens is 238 g/mol. The van der Waals surface area contributed by atoms with Crippen molar-refractivity contribution in [3.8, 4) is 0 Å². The van der Waals surface area contributed by atoms with E-state index in [9.17, 15) is 0 Å². The Kier molecular flexibility index (Phi) is 7.25. The molecule has 0 bridgehead atoms. The molecule has 0 aromatic heterocycles. The highest BCUT2D eigenvalue weighted by Crippen LogP contribution is 2.08. The van der Waals surface area contributed by atoms with E-state index in [0.29, 0.717) is 13.1 Å². The lowest BCUT2D eigenvalue weighted by Crippen LogP contribution is -2.46. The number of hydrogen-bond donors (Lipinski definition) is 2. The molecule has 2 atom stereocenters. The molecule has 5 heteroatoms. The molecule has 5 nitrogen and oxygen atoms in total. The molecule has 0 radical (unpaired) electrons. The summed E-state index contributed by atoms with van der Waals surface area (Å²) in [6.07, 6.45) is 11.4. The van der Waals surface area contributed by atoms with Crippen molar-refractivity contribution in [2.45, 2.75) is 25.4 Å². The van der Waals surface area contributed by atoms with Gasteiger partial charge in [0.25, 0.3) is 0 Å². The first kappa shape index (κ1) is 15.8. The number of hydrogen-bond acceptors (Lipinski definition) is 5. The average molecular weight is 263 g/mol. The number of azo groups is 1. The van der Waals surface area contributed by atoms with Gasteiger partial charge in [-0.1, -0.05) is 36.0 Å². The van der Waals surface area contributed by atoms with E-state index in [1.54, 1.807) is 0 Å². The van der Waals surface area contributed by atoms with Gasteiger partial charge in [-0.25, -0.2) is 5.01 Å². The van der Waals surface area contributed by atoms with Gasteiger partial charge in [0.15, 0.2) is 0 Å². The van der Waals surface area contributed by atoms with E-state index >= 15 is 0 Å². The van der Waals surface area contributed by atoms with Crippen LogP contribution in [0.4, 0.5) is 0 Å². The fraction of sp³-hybridized carbons (Fsp3) is 0.571. The molecule has 19 heavy (non-hydrogen) atoms. The van der Waals surface area contributed by atoms with Crippen molar-refractivity contribution in [2.75, 3.05) is 27.2 Å². The van der Waals surface area contributed by atoms with Crippen molar-refractivity contribution in [1.82, 2.24) is 10.4 Å². The van der Waals surface area contributed by atoms with Crippen LogP contribution in [-0.2, 0) is 0 Å². The zero-order valence-electron chi connectivity index (χ0n) is 12.1. The van der Waals surface area contributed by atoms with Crippen LogP contribution in [0.5, 0.6) is 0 Å². The van der Waals surface area contributed by atoms with Crippen LogP contribution in [0.1, 0.15) is 13.3 Å². The van der Waals surface area contributed by atoms with Crippen molar-refractivity contribution in [3.63, 3.8) is 0 Å². The molecule has 0 heterocycles. The lowest BCUT2D eigenvalue weighted by molar-refractivity contribution is 0.189. The second kappa shape index (κ2) is 8.74. The predicted molar refractivity (Wildman–Crippen MR) is 79.8 cm³/mol. The Hall–Kier alpha value is -1.30. The van der Waals surface area contributed by atoms with Gasteiger partial charge in [-0.2, -0.15) is 10.2 Å². The fourth-order valence-corrected chi connectivity index (χ4v) is 1.71. The molecule has 0 saturated heterocycles. The number of nitrogens with zero attached hydrogens (tertiary/aromatic N) is 3. The summed E-state index contributed by atoms with van der Waals surface area (Å²) >= 11 is 0. The fourth-order valence-electron chi connectivity index (χ4n) is 1.71. The Morgan fingerprint density at radius 3 is 3.00 bits per heavy atom. The number of rotatable bonds is 6. The van der Waals surface area contributed by atoms with E-state index in [0.717, 1.165) is 6.42 Å². The lowest BCUT2D eigenvalue weighted by Gasteiger charge is -2.23. The second-order valence-electron chi connectivity index (χ2n) is 4.68. The van der Waals surface area contributed by atoms with Crippen molar-refractivity contribution >= 4 is 0 Å². The Labute approximate surface area is 115 Å². The Balaban J connectivity index is 2.52. The Morgan fingerprint density at radius 2 is 2.32 bits per heavy atom. The maximum atomic E-state index is 5.71. The van der Waals surface area contributed by atoms with Gasteiger partial charge in [0.05, 0.1) is 12.6 Å². The molecule has 1 aliphatic carbocycles. The minimum Gasteiger partial charge on any atom is -0.329 e. The highest BCUT2D eigenvalue weighted by Gasteiger charge is 2.10. The maximum absolute atomic E-state index is 5.71. The second-order valence-corrected chi connectivity index (χ2v) is 4.68. The quantitative estimate of drug-likeness (QED) is 0.435. The lowest BCUT2D eigenvalue weighted by atomic mass is 10.1. The summed E-state index contributed by atoms with van der Waals surface area (Å²) in [7, 11) is 3.82. The Bertz CT molecular complexity index is 370. The van der Waals surface area contributed by atoms with Gasteiger partial charge in [0, 0.05) is 13.6 Å². The smallest absolute Gasteiger partial charge is 0.107 e. The van der Waals surface area contributed by atoms with E-state index in [1.807, 2.05) is 31.3 Å². The third kappa shape index (κ3) is 5.92. The number of hydrazine groups is 1. The molecule has 106 valence electrons. The van der Waals surface area contributed by atoms with Crippen LogP contribution < -0.4 is 11.2 Å². The summed E-state index contributed by atoms with van der Waals surface area (Å²) in [5.41, 5.74) is 10.1. The molecule has 0 amide bonds. The number of allylic oxidation sites excluding steroid dienone is 4. The number of nitrogens with one attached hydrogen (secondary N) is 1. The largest absolute Gasteiger partial charge is 0.329 e. The highest BCUT2D eigenvalue weighted by molar-refractivity contribution is 5.20. The third-order valence-corrected chi connectivity index (χ3v) is 3.14. The summed E-state index contributed by atoms with van der Waals surface area (Å²) in [6.45, 7) is 3.27. The molecule has 0 spiro atoms. The third-order valence-electron chi connectivity index (χ3n) is 3.14. The van der Waals surface area contributed by atoms with Gasteiger partial charge >= 0.3 is 0 Å². The van der Waals surface area contributed by atoms with E-state index < -0.39 is 0 Å². The summed E-state index contributed by atoms with van der Waals surface area (Å²) < 4.78 is 0. The van der Waals surface area contributed by atoms with Gasteiger partial charge in [-0.05, 0) is 20.4 Å². The first-order chi connectivity index (χ1) is 9.17. The molecule has 0 aliphatic heterocycles. The first-order valence-electron chi connectivity index (χ1n) is 6.65. The molecule has 0 fully saturated rings. The SMILES string of the molecule is CNN(C)C(CN)C/N=N/C1/C=C\C=C(/C)C/C=C\1. The van der Waals surface area contributed by atoms with E-state index in [4.69, 9.17) is 5.73 Å². The van der Waals surface area contributed by atoms with Gasteiger partial charge in [0.1, 0.15) is 6.04 Å². The van der Waals surface area contributed by atoms with Crippen LogP contribution in [0.25, 0.3) is 0 Å². The predicted octanol–water partition coefficient (Wildman–Crippen LogP) is 1.66. The van der Waals surface area contributed by atoms with Crippen LogP contribution >= 0.6 is 0 Å². The summed E-state index contributed by atoms with van der Waals surface area (Å²) in [6, 6.07) is 0.195. The van der Waals surface area contributed by atoms with Crippen molar-refractivity contribution in [2.24, 2.45) is 16.0 Å². The summed E-state index contributed by atoms with van der Waals surface area (Å²) in [4.78, 5) is 0. The molecule has 1 rings (SSSR count). The van der Waals surface area contributed by atoms with Gasteiger partial charge in [-0.15, -0.1) is 0 Å². The van der Waals surface area contributed by atoms with Crippen LogP contribution in [0.15, 0.2) is 46.2 Å². The number of nitrogens with two attached hydrogens (primary N) is 1. The molecular formula is C14H25N5. The molecule has 0 aromatic rings. The molecule has 0 saturated carbocycles. The standard InChI is InChI=1S/C14H25N5/c1-12-6-4-8-13(9-5-7-12)18-17-11-14(10-15)19(3)16-2/h4-6,8-9,13-14,16H,7,10-11,15H2,1-3H3/b8-4-,9-5-,12-6+,18-17+. The molecule has 1 aliphatic rings. The summed E-state index contributed by atoms with van der Waals surface area (Å²) in [5, 5.41) is 10.5. The van der Waals surface area contributed by atoms with Gasteiger partial charge in [0.2, 0.25) is 0 Å². The maximum Gasteiger partial charge on any atom is 0.107 e. The topological polar surface area (TPSA) is 66.0 Å². The summed E-state index contributed by atoms with van der Waals surface area (Å²) in [5.74, 6) is 0. The minimum absolute atomic E-state index is 0.0302. The number of likely N-dealkylation sites (N-methyl/N-ethyl adjacent to an activating group) is 1. The molecule has 0 aromatic carbocycles. The highest BCUT2D eigenvalue weighted by atomic mass is 15.5. The molecule has 2 unspecified atom stereocenters. The first-order valence-corrected chi connectivity index (χ1v) is 6.65. The monoisotopic (exact) mass is 263 g/mol. The van der Waals surface area contributed by atoms with Gasteiger partial charge < -0.3 is 5.73 Å². The van der Waals surface area contributed by atoms with E-state index in [1.165, 1.54) is 5.57 Å². The van der Waals surface area contributed by atoms with Crippen LogP contribution in [-0.4, -0.2) is 44.3 Å². The van der Waals surface area contributed by atoms with Crippen LogP contribution in [0.2, 0.25) is 0 Å². The average Bonchev–Trinajstić information content (AvgIpc) is 2.39. The molecule has 3 N–H and O–H groups in total. The Morgan fingerprint density at radius 1 is 1.53 bits per heavy atom. The van der Waals surface area contributed by atoms with Gasteiger partial charge in [-0.3, -0.25) is 5.43 Å². The van der Waals surface area contributed by atoms with E-state index in [2.05, 4.69) is 40.8 Å².